The number of nitrogens with zero attached hydrogens (tertiary/aromatic N) is 2. The molecule has 1 N–H and O–H groups in total. The molecule has 2 aliphatic rings. The molecule has 2 fully saturated rings. The van der Waals surface area contributed by atoms with Gasteiger partial charge in [0.2, 0.25) is 10.0 Å². The highest BCUT2D eigenvalue weighted by Crippen LogP contribution is 2.43. The minimum Gasteiger partial charge on any atom is -0.350 e. The van der Waals surface area contributed by atoms with Crippen molar-refractivity contribution in [1.82, 2.24) is 14.2 Å². The van der Waals surface area contributed by atoms with Gasteiger partial charge >= 0.3 is 0 Å². The van der Waals surface area contributed by atoms with Crippen LogP contribution in [0.1, 0.15) is 48.2 Å². The van der Waals surface area contributed by atoms with Gasteiger partial charge in [-0.1, -0.05) is 34.5 Å². The molecule has 1 aliphatic carbocycles. The van der Waals surface area contributed by atoms with Gasteiger partial charge in [0.15, 0.2) is 0 Å². The highest BCUT2D eigenvalue weighted by molar-refractivity contribution is 9.10. The van der Waals surface area contributed by atoms with Crippen molar-refractivity contribution in [2.24, 2.45) is 7.05 Å². The van der Waals surface area contributed by atoms with Crippen LogP contribution >= 0.6 is 15.9 Å². The van der Waals surface area contributed by atoms with E-state index in [4.69, 9.17) is 0 Å². The van der Waals surface area contributed by atoms with Crippen LogP contribution in [0.4, 0.5) is 0 Å². The van der Waals surface area contributed by atoms with E-state index in [1.807, 2.05) is 12.1 Å². The number of halogens is 1. The van der Waals surface area contributed by atoms with Gasteiger partial charge in [-0.3, -0.25) is 4.79 Å². The van der Waals surface area contributed by atoms with Gasteiger partial charge in [-0.15, -0.1) is 0 Å². The van der Waals surface area contributed by atoms with E-state index in [0.29, 0.717) is 25.3 Å². The molecule has 0 bridgehead atoms. The van der Waals surface area contributed by atoms with Crippen LogP contribution in [-0.2, 0) is 22.5 Å². The first kappa shape index (κ1) is 20.6. The summed E-state index contributed by atoms with van der Waals surface area (Å²) in [4.78, 5) is 13.1. The molecular formula is C21H26BrN3O3S. The molecular weight excluding hydrogens is 454 g/mol. The van der Waals surface area contributed by atoms with Gasteiger partial charge in [0.05, 0.1) is 0 Å². The van der Waals surface area contributed by atoms with E-state index in [1.54, 1.807) is 11.6 Å². The monoisotopic (exact) mass is 479 g/mol. The lowest BCUT2D eigenvalue weighted by molar-refractivity contribution is 0.0919. The van der Waals surface area contributed by atoms with Crippen molar-refractivity contribution >= 4 is 31.9 Å². The molecule has 0 radical (unpaired) electrons. The van der Waals surface area contributed by atoms with Crippen molar-refractivity contribution < 1.29 is 13.2 Å². The zero-order valence-corrected chi connectivity index (χ0v) is 18.9. The maximum atomic E-state index is 12.9. The molecule has 1 aromatic carbocycles. The Bertz CT molecular complexity index is 1020. The Labute approximate surface area is 180 Å². The van der Waals surface area contributed by atoms with Gasteiger partial charge in [0.1, 0.15) is 10.6 Å². The van der Waals surface area contributed by atoms with Gasteiger partial charge in [-0.2, -0.15) is 4.31 Å². The van der Waals surface area contributed by atoms with Gasteiger partial charge in [0.25, 0.3) is 5.91 Å². The van der Waals surface area contributed by atoms with Gasteiger partial charge in [0, 0.05) is 42.8 Å². The molecule has 2 aromatic rings. The molecule has 4 rings (SSSR count). The first-order chi connectivity index (χ1) is 13.8. The molecule has 1 saturated heterocycles. The molecule has 1 aromatic heterocycles. The smallest absolute Gasteiger partial charge is 0.267 e. The van der Waals surface area contributed by atoms with E-state index in [1.165, 1.54) is 22.1 Å². The Hall–Kier alpha value is -1.64. The van der Waals surface area contributed by atoms with Crippen LogP contribution < -0.4 is 5.32 Å². The first-order valence-corrected chi connectivity index (χ1v) is 12.3. The third-order valence-electron chi connectivity index (χ3n) is 6.25. The fraction of sp³-hybridized carbons (Fsp3) is 0.476. The lowest BCUT2D eigenvalue weighted by atomic mass is 9.64. The fourth-order valence-electron chi connectivity index (χ4n) is 4.31. The number of carbonyl (C=O) groups excluding carboxylic acids is 1. The topological polar surface area (TPSA) is 71.4 Å². The number of nitrogens with one attached hydrogen (secondary N) is 1. The number of rotatable bonds is 6. The number of hydrogen-bond acceptors (Lipinski definition) is 3. The fourth-order valence-corrected chi connectivity index (χ4v) is 6.30. The van der Waals surface area contributed by atoms with E-state index in [2.05, 4.69) is 33.4 Å². The van der Waals surface area contributed by atoms with Crippen molar-refractivity contribution in [3.8, 4) is 0 Å². The molecule has 1 amide bonds. The summed E-state index contributed by atoms with van der Waals surface area (Å²) in [5.41, 5.74) is 1.55. The number of benzene rings is 1. The quantitative estimate of drug-likeness (QED) is 0.689. The zero-order chi connectivity index (χ0) is 20.6. The summed E-state index contributed by atoms with van der Waals surface area (Å²) < 4.78 is 29.7. The summed E-state index contributed by atoms with van der Waals surface area (Å²) in [7, 11) is -1.82. The predicted octanol–water partition coefficient (Wildman–Crippen LogP) is 3.42. The summed E-state index contributed by atoms with van der Waals surface area (Å²) in [5.74, 6) is -0.239. The summed E-state index contributed by atoms with van der Waals surface area (Å²) in [6, 6.07) is 9.75. The van der Waals surface area contributed by atoms with Gasteiger partial charge in [-0.25, -0.2) is 8.42 Å². The largest absolute Gasteiger partial charge is 0.350 e. The second-order valence-electron chi connectivity index (χ2n) is 8.11. The third kappa shape index (κ3) is 3.90. The minimum absolute atomic E-state index is 0.0466. The highest BCUT2D eigenvalue weighted by Gasteiger charge is 2.39. The standard InChI is InChI=1S/C21H26BrN3O3S/c1-24-14-18(29(27,28)25-10-2-3-11-25)13-19(24)20(26)23-15-21(8-5-9-21)16-6-4-7-17(22)12-16/h4,6-7,12-14H,2-3,5,8-11,15H2,1H3,(H,23,26). The van der Waals surface area contributed by atoms with Crippen LogP contribution in [0.25, 0.3) is 0 Å². The molecule has 29 heavy (non-hydrogen) atoms. The van der Waals surface area contributed by atoms with Crippen molar-refractivity contribution in [2.45, 2.75) is 42.4 Å². The Morgan fingerprint density at radius 1 is 1.17 bits per heavy atom. The van der Waals surface area contributed by atoms with Crippen LogP contribution in [0.15, 0.2) is 45.9 Å². The lowest BCUT2D eigenvalue weighted by Crippen LogP contribution is -2.45. The van der Waals surface area contributed by atoms with Crippen LogP contribution in [0.2, 0.25) is 0 Å². The van der Waals surface area contributed by atoms with Gasteiger partial charge < -0.3 is 9.88 Å². The molecule has 8 heteroatoms. The molecule has 0 unspecified atom stereocenters. The molecule has 0 spiro atoms. The summed E-state index contributed by atoms with van der Waals surface area (Å²) >= 11 is 3.53. The average Bonchev–Trinajstić information content (AvgIpc) is 3.31. The summed E-state index contributed by atoms with van der Waals surface area (Å²) in [6.07, 6.45) is 6.52. The van der Waals surface area contributed by atoms with Gasteiger partial charge in [-0.05, 0) is 49.4 Å². The number of sulfonamides is 1. The number of carbonyl (C=O) groups is 1. The Balaban J connectivity index is 1.50. The predicted molar refractivity (Wildman–Crippen MR) is 115 cm³/mol. The first-order valence-electron chi connectivity index (χ1n) is 10.0. The van der Waals surface area contributed by atoms with E-state index >= 15 is 0 Å². The Morgan fingerprint density at radius 3 is 2.52 bits per heavy atom. The Kier molecular flexibility index (Phi) is 5.61. The second-order valence-corrected chi connectivity index (χ2v) is 11.0. The molecule has 156 valence electrons. The normalized spacial score (nSPS) is 19.1. The molecule has 6 nitrogen and oxygen atoms in total. The van der Waals surface area contributed by atoms with Crippen molar-refractivity contribution in [3.05, 3.63) is 52.3 Å². The SMILES string of the molecule is Cn1cc(S(=O)(=O)N2CCCC2)cc1C(=O)NCC1(c2cccc(Br)c2)CCC1. The van der Waals surface area contributed by atoms with E-state index in [0.717, 1.165) is 36.6 Å². The van der Waals surface area contributed by atoms with Crippen molar-refractivity contribution in [3.63, 3.8) is 0 Å². The van der Waals surface area contributed by atoms with E-state index in [-0.39, 0.29) is 16.2 Å². The minimum atomic E-state index is -3.53. The van der Waals surface area contributed by atoms with Crippen LogP contribution in [0, 0.1) is 0 Å². The zero-order valence-electron chi connectivity index (χ0n) is 16.5. The number of aryl methyl sites for hydroxylation is 1. The molecule has 0 atom stereocenters. The average molecular weight is 480 g/mol. The summed E-state index contributed by atoms with van der Waals surface area (Å²) in [5, 5.41) is 3.05. The van der Waals surface area contributed by atoms with Crippen LogP contribution in [0.3, 0.4) is 0 Å². The highest BCUT2D eigenvalue weighted by atomic mass is 79.9. The number of hydrogen-bond donors (Lipinski definition) is 1. The molecule has 1 saturated carbocycles. The van der Waals surface area contributed by atoms with E-state index in [9.17, 15) is 13.2 Å². The van der Waals surface area contributed by atoms with Crippen LogP contribution in [-0.4, -0.2) is 42.8 Å². The second kappa shape index (κ2) is 7.89. The van der Waals surface area contributed by atoms with Crippen LogP contribution in [0.5, 0.6) is 0 Å². The van der Waals surface area contributed by atoms with E-state index < -0.39 is 10.0 Å². The maximum absolute atomic E-state index is 12.9. The number of aromatic nitrogens is 1. The maximum Gasteiger partial charge on any atom is 0.267 e. The Morgan fingerprint density at radius 2 is 1.90 bits per heavy atom. The molecule has 1 aliphatic heterocycles. The number of amides is 1. The third-order valence-corrected chi connectivity index (χ3v) is 8.61. The van der Waals surface area contributed by atoms with Crippen molar-refractivity contribution in [2.75, 3.05) is 19.6 Å². The lowest BCUT2D eigenvalue weighted by Gasteiger charge is -2.42. The summed E-state index contributed by atoms with van der Waals surface area (Å²) in [6.45, 7) is 1.64. The molecule has 2 heterocycles. The van der Waals surface area contributed by atoms with Crippen molar-refractivity contribution in [1.29, 1.82) is 0 Å².